The molecular weight excluding hydrogens is 653 g/mol. The molecule has 248 valence electrons. The highest BCUT2D eigenvalue weighted by molar-refractivity contribution is 7.92. The van der Waals surface area contributed by atoms with Gasteiger partial charge in [0.1, 0.15) is 12.6 Å². The quantitative estimate of drug-likeness (QED) is 0.164. The van der Waals surface area contributed by atoms with Gasteiger partial charge in [-0.15, -0.1) is 0 Å². The van der Waals surface area contributed by atoms with E-state index in [9.17, 15) is 18.0 Å². The molecule has 0 unspecified atom stereocenters. The van der Waals surface area contributed by atoms with Gasteiger partial charge in [-0.1, -0.05) is 104 Å². The van der Waals surface area contributed by atoms with Crippen LogP contribution in [-0.2, 0) is 32.6 Å². The maximum atomic E-state index is 14.6. The number of nitrogens with one attached hydrogen (secondary N) is 1. The van der Waals surface area contributed by atoms with Gasteiger partial charge in [0.05, 0.1) is 10.6 Å². The summed E-state index contributed by atoms with van der Waals surface area (Å²) >= 11 is 12.8. The van der Waals surface area contributed by atoms with E-state index in [0.29, 0.717) is 21.3 Å². The summed E-state index contributed by atoms with van der Waals surface area (Å²) < 4.78 is 29.5. The van der Waals surface area contributed by atoms with Crippen molar-refractivity contribution in [1.82, 2.24) is 10.2 Å². The van der Waals surface area contributed by atoms with Crippen molar-refractivity contribution < 1.29 is 18.0 Å². The van der Waals surface area contributed by atoms with E-state index in [1.807, 2.05) is 77.1 Å². The Labute approximate surface area is 288 Å². The summed E-state index contributed by atoms with van der Waals surface area (Å²) in [6.45, 7) is 9.07. The number of carbonyl (C=O) groups is 2. The van der Waals surface area contributed by atoms with Crippen LogP contribution in [0.3, 0.4) is 0 Å². The van der Waals surface area contributed by atoms with E-state index in [1.54, 1.807) is 48.5 Å². The number of benzene rings is 4. The fraction of sp³-hybridized carbons (Fsp3) is 0.297. The number of sulfonamides is 1. The van der Waals surface area contributed by atoms with Crippen LogP contribution in [0.2, 0.25) is 10.0 Å². The van der Waals surface area contributed by atoms with Gasteiger partial charge in [-0.2, -0.15) is 0 Å². The molecule has 47 heavy (non-hydrogen) atoms. The number of hydrogen-bond acceptors (Lipinski definition) is 4. The Bertz CT molecular complexity index is 1780. The molecule has 0 aliphatic rings. The van der Waals surface area contributed by atoms with Gasteiger partial charge >= 0.3 is 0 Å². The van der Waals surface area contributed by atoms with Gasteiger partial charge in [0.2, 0.25) is 11.8 Å². The van der Waals surface area contributed by atoms with Crippen molar-refractivity contribution in [2.45, 2.75) is 70.0 Å². The first-order valence-electron chi connectivity index (χ1n) is 15.4. The number of hydrogen-bond donors (Lipinski definition) is 1. The fourth-order valence-electron chi connectivity index (χ4n) is 5.11. The Hall–Kier alpha value is -3.85. The summed E-state index contributed by atoms with van der Waals surface area (Å²) in [4.78, 5) is 30.1. The van der Waals surface area contributed by atoms with Crippen LogP contribution in [0.1, 0.15) is 57.2 Å². The first-order chi connectivity index (χ1) is 22.2. The molecule has 0 spiro atoms. The monoisotopic (exact) mass is 693 g/mol. The van der Waals surface area contributed by atoms with Crippen molar-refractivity contribution in [3.63, 3.8) is 0 Å². The number of carbonyl (C=O) groups excluding carboxylic acids is 2. The Balaban J connectivity index is 1.84. The van der Waals surface area contributed by atoms with Crippen molar-refractivity contribution >= 4 is 50.7 Å². The lowest BCUT2D eigenvalue weighted by Gasteiger charge is -2.35. The minimum Gasteiger partial charge on any atom is -0.350 e. The lowest BCUT2D eigenvalue weighted by molar-refractivity contribution is -0.140. The molecule has 0 bridgehead atoms. The van der Waals surface area contributed by atoms with Gasteiger partial charge in [-0.3, -0.25) is 13.9 Å². The maximum Gasteiger partial charge on any atom is 0.264 e. The largest absolute Gasteiger partial charge is 0.350 e. The van der Waals surface area contributed by atoms with Gasteiger partial charge in [0.25, 0.3) is 10.0 Å². The molecule has 7 nitrogen and oxygen atoms in total. The lowest BCUT2D eigenvalue weighted by Crippen LogP contribution is -2.56. The van der Waals surface area contributed by atoms with E-state index >= 15 is 0 Å². The molecule has 4 aromatic rings. The molecule has 4 aromatic carbocycles. The second kappa shape index (κ2) is 15.4. The number of halogens is 2. The SMILES string of the molecule is CC(C)c1ccc(N(CC(=O)N(Cc2ccc(Cl)cc2Cl)[C@H](Cc2ccccc2)C(=O)NC(C)(C)C)S(=O)(=O)c2ccccc2)cc1. The summed E-state index contributed by atoms with van der Waals surface area (Å²) in [7, 11) is -4.19. The highest BCUT2D eigenvalue weighted by Crippen LogP contribution is 2.28. The van der Waals surface area contributed by atoms with E-state index in [2.05, 4.69) is 5.32 Å². The van der Waals surface area contributed by atoms with Gasteiger partial charge < -0.3 is 10.2 Å². The third-order valence-electron chi connectivity index (χ3n) is 7.58. The highest BCUT2D eigenvalue weighted by atomic mass is 35.5. The third-order valence-corrected chi connectivity index (χ3v) is 9.96. The van der Waals surface area contributed by atoms with E-state index in [-0.39, 0.29) is 29.7 Å². The Morgan fingerprint density at radius 2 is 1.43 bits per heavy atom. The topological polar surface area (TPSA) is 86.8 Å². The summed E-state index contributed by atoms with van der Waals surface area (Å²) in [6, 6.07) is 28.4. The van der Waals surface area contributed by atoms with Gasteiger partial charge in [-0.25, -0.2) is 8.42 Å². The average Bonchev–Trinajstić information content (AvgIpc) is 3.02. The third kappa shape index (κ3) is 9.60. The van der Waals surface area contributed by atoms with Crippen LogP contribution in [0.15, 0.2) is 108 Å². The molecule has 2 amide bonds. The van der Waals surface area contributed by atoms with Crippen molar-refractivity contribution in [2.75, 3.05) is 10.8 Å². The van der Waals surface area contributed by atoms with Gasteiger partial charge in [-0.05, 0) is 79.8 Å². The second-order valence-electron chi connectivity index (χ2n) is 12.8. The van der Waals surface area contributed by atoms with E-state index in [4.69, 9.17) is 23.2 Å². The summed E-state index contributed by atoms with van der Waals surface area (Å²) in [6.07, 6.45) is 0.189. The molecule has 1 N–H and O–H groups in total. The first kappa shape index (κ1) is 36.0. The van der Waals surface area contributed by atoms with Crippen molar-refractivity contribution in [3.05, 3.63) is 130 Å². The predicted molar refractivity (Wildman–Crippen MR) is 190 cm³/mol. The molecule has 10 heteroatoms. The molecule has 0 aliphatic carbocycles. The summed E-state index contributed by atoms with van der Waals surface area (Å²) in [5.41, 5.74) is 2.15. The molecule has 0 saturated heterocycles. The molecular formula is C37H41Cl2N3O4S. The number of amides is 2. The van der Waals surface area contributed by atoms with Crippen molar-refractivity contribution in [1.29, 1.82) is 0 Å². The zero-order valence-electron chi connectivity index (χ0n) is 27.3. The number of rotatable bonds is 12. The van der Waals surface area contributed by atoms with Crippen LogP contribution >= 0.6 is 23.2 Å². The zero-order chi connectivity index (χ0) is 34.4. The van der Waals surface area contributed by atoms with E-state index in [0.717, 1.165) is 15.4 Å². The molecule has 0 aromatic heterocycles. The minimum atomic E-state index is -4.19. The van der Waals surface area contributed by atoms with Gasteiger partial charge in [0.15, 0.2) is 0 Å². The van der Waals surface area contributed by atoms with Crippen LogP contribution in [-0.4, -0.2) is 43.3 Å². The molecule has 0 aliphatic heterocycles. The maximum absolute atomic E-state index is 14.6. The normalized spacial score (nSPS) is 12.4. The Morgan fingerprint density at radius 3 is 1.98 bits per heavy atom. The van der Waals surface area contributed by atoms with Crippen LogP contribution in [0.4, 0.5) is 5.69 Å². The number of anilines is 1. The van der Waals surface area contributed by atoms with Crippen LogP contribution < -0.4 is 9.62 Å². The Kier molecular flexibility index (Phi) is 11.8. The molecule has 4 rings (SSSR count). The van der Waals surface area contributed by atoms with Gasteiger partial charge in [0, 0.05) is 28.5 Å². The lowest BCUT2D eigenvalue weighted by atomic mass is 10.0. The molecule has 0 saturated carbocycles. The zero-order valence-corrected chi connectivity index (χ0v) is 29.6. The van der Waals surface area contributed by atoms with Crippen molar-refractivity contribution in [3.8, 4) is 0 Å². The fourth-order valence-corrected chi connectivity index (χ4v) is 7.02. The standard InChI is InChI=1S/C37H41Cl2N3O4S/c1-26(2)28-17-20-31(21-18-28)42(47(45,46)32-14-10-7-11-15-32)25-35(43)41(24-29-16-19-30(38)23-33(29)39)34(36(44)40-37(3,4)5)22-27-12-8-6-9-13-27/h6-21,23,26,34H,22,24-25H2,1-5H3,(H,40,44)/t34-/m1/s1. The van der Waals surface area contributed by atoms with Crippen molar-refractivity contribution in [2.24, 2.45) is 0 Å². The summed E-state index contributed by atoms with van der Waals surface area (Å²) in [5, 5.41) is 3.77. The predicted octanol–water partition coefficient (Wildman–Crippen LogP) is 7.87. The van der Waals surface area contributed by atoms with Crippen LogP contribution in [0.5, 0.6) is 0 Å². The van der Waals surface area contributed by atoms with E-state index < -0.39 is 34.1 Å². The van der Waals surface area contributed by atoms with E-state index in [1.165, 1.54) is 17.0 Å². The second-order valence-corrected chi connectivity index (χ2v) is 15.5. The number of nitrogens with zero attached hydrogens (tertiary/aromatic N) is 2. The smallest absolute Gasteiger partial charge is 0.264 e. The molecule has 0 radical (unpaired) electrons. The highest BCUT2D eigenvalue weighted by Gasteiger charge is 2.36. The summed E-state index contributed by atoms with van der Waals surface area (Å²) in [5.74, 6) is -0.725. The minimum absolute atomic E-state index is 0.0411. The molecule has 0 heterocycles. The van der Waals surface area contributed by atoms with Crippen LogP contribution in [0.25, 0.3) is 0 Å². The average molecular weight is 695 g/mol. The molecule has 0 fully saturated rings. The first-order valence-corrected chi connectivity index (χ1v) is 17.6. The van der Waals surface area contributed by atoms with Crippen LogP contribution in [0, 0.1) is 0 Å². The molecule has 1 atom stereocenters. The Morgan fingerprint density at radius 1 is 0.830 bits per heavy atom.